The third kappa shape index (κ3) is 4.36. The number of carbonyl (C=O) groups is 1. The highest BCUT2D eigenvalue weighted by molar-refractivity contribution is 7.11. The Morgan fingerprint density at radius 2 is 1.90 bits per heavy atom. The van der Waals surface area contributed by atoms with E-state index in [0.717, 1.165) is 22.5 Å². The zero-order valence-electron chi connectivity index (χ0n) is 17.4. The van der Waals surface area contributed by atoms with Crippen LogP contribution in [0.1, 0.15) is 23.1 Å². The van der Waals surface area contributed by atoms with Crippen molar-refractivity contribution in [2.75, 3.05) is 18.1 Å². The summed E-state index contributed by atoms with van der Waals surface area (Å²) in [7, 11) is 0. The van der Waals surface area contributed by atoms with Crippen molar-refractivity contribution in [2.24, 2.45) is 0 Å². The quantitative estimate of drug-likeness (QED) is 0.535. The number of amidine groups is 1. The van der Waals surface area contributed by atoms with Gasteiger partial charge >= 0.3 is 5.97 Å². The predicted molar refractivity (Wildman–Crippen MR) is 124 cm³/mol. The second-order valence-electron chi connectivity index (χ2n) is 7.31. The van der Waals surface area contributed by atoms with Crippen LogP contribution in [0.5, 0.6) is 0 Å². The second kappa shape index (κ2) is 8.73. The number of aromatic nitrogens is 1. The molecule has 7 heteroatoms. The summed E-state index contributed by atoms with van der Waals surface area (Å²) in [4.78, 5) is 18.1. The molecule has 0 unspecified atom stereocenters. The normalized spacial score (nSPS) is 13.7. The van der Waals surface area contributed by atoms with Crippen molar-refractivity contribution in [1.29, 1.82) is 5.41 Å². The molecule has 0 amide bonds. The van der Waals surface area contributed by atoms with E-state index in [4.69, 9.17) is 10.1 Å². The molecule has 0 radical (unpaired) electrons. The lowest BCUT2D eigenvalue weighted by Gasteiger charge is -2.19. The van der Waals surface area contributed by atoms with Gasteiger partial charge in [0.25, 0.3) is 0 Å². The molecular formula is C24H23N3O3S. The van der Waals surface area contributed by atoms with E-state index >= 15 is 0 Å². The van der Waals surface area contributed by atoms with Crippen LogP contribution in [-0.4, -0.2) is 35.0 Å². The minimum absolute atomic E-state index is 0.130. The van der Waals surface area contributed by atoms with Gasteiger partial charge in [-0.15, -0.1) is 11.3 Å². The molecule has 6 nitrogen and oxygen atoms in total. The number of benzene rings is 2. The van der Waals surface area contributed by atoms with Crippen LogP contribution in [0.4, 0.5) is 5.69 Å². The van der Waals surface area contributed by atoms with E-state index in [1.54, 1.807) is 11.8 Å². The molecule has 31 heavy (non-hydrogen) atoms. The minimum Gasteiger partial charge on any atom is -0.510 e. The van der Waals surface area contributed by atoms with E-state index in [1.165, 1.54) is 16.9 Å². The van der Waals surface area contributed by atoms with Crippen molar-refractivity contribution in [2.45, 2.75) is 20.3 Å². The Bertz CT molecular complexity index is 1150. The van der Waals surface area contributed by atoms with E-state index in [-0.39, 0.29) is 30.5 Å². The van der Waals surface area contributed by atoms with Gasteiger partial charge in [-0.25, -0.2) is 4.98 Å². The summed E-state index contributed by atoms with van der Waals surface area (Å²) >= 11 is 1.42. The lowest BCUT2D eigenvalue weighted by molar-refractivity contribution is -0.142. The third-order valence-electron chi connectivity index (χ3n) is 5.07. The van der Waals surface area contributed by atoms with Crippen molar-refractivity contribution in [1.82, 2.24) is 4.98 Å². The van der Waals surface area contributed by atoms with E-state index in [1.807, 2.05) is 60.8 Å². The number of anilines is 1. The highest BCUT2D eigenvalue weighted by atomic mass is 32.1. The molecule has 0 fully saturated rings. The first kappa shape index (κ1) is 20.8. The standard InChI is InChI=1S/C24H23N3O3S/c1-3-30-21(29)12-16-6-10-18(11-7-16)27-13-20(28)22(23(27)25)24-26-19(14-31-24)17-8-4-15(2)5-9-17/h4-11,14,25,28H,3,12-13H2,1-2H3. The number of aliphatic hydroxyl groups is 1. The van der Waals surface area contributed by atoms with E-state index < -0.39 is 0 Å². The molecule has 0 saturated carbocycles. The number of hydrogen-bond acceptors (Lipinski definition) is 6. The van der Waals surface area contributed by atoms with Crippen molar-refractivity contribution < 1.29 is 14.6 Å². The van der Waals surface area contributed by atoms with Gasteiger partial charge in [-0.1, -0.05) is 42.0 Å². The first-order valence-corrected chi connectivity index (χ1v) is 10.9. The van der Waals surface area contributed by atoms with Crippen molar-refractivity contribution in [3.05, 3.63) is 75.8 Å². The average molecular weight is 434 g/mol. The zero-order valence-corrected chi connectivity index (χ0v) is 18.2. The largest absolute Gasteiger partial charge is 0.510 e. The van der Waals surface area contributed by atoms with Gasteiger partial charge < -0.3 is 14.7 Å². The Balaban J connectivity index is 1.51. The van der Waals surface area contributed by atoms with Crippen LogP contribution >= 0.6 is 11.3 Å². The van der Waals surface area contributed by atoms with E-state index in [9.17, 15) is 9.90 Å². The maximum atomic E-state index is 11.7. The first-order valence-electron chi connectivity index (χ1n) is 10.0. The third-order valence-corrected chi connectivity index (χ3v) is 5.93. The Morgan fingerprint density at radius 3 is 2.58 bits per heavy atom. The van der Waals surface area contributed by atoms with E-state index in [2.05, 4.69) is 4.98 Å². The Hall–Kier alpha value is -3.45. The fourth-order valence-corrected chi connectivity index (χ4v) is 4.34. The number of esters is 1. The number of nitrogens with one attached hydrogen (secondary N) is 1. The zero-order chi connectivity index (χ0) is 22.0. The predicted octanol–water partition coefficient (Wildman–Crippen LogP) is 4.99. The van der Waals surface area contributed by atoms with Gasteiger partial charge in [0.15, 0.2) is 0 Å². The van der Waals surface area contributed by atoms with Gasteiger partial charge in [0.1, 0.15) is 16.6 Å². The number of carbonyl (C=O) groups excluding carboxylic acids is 1. The first-order chi connectivity index (χ1) is 15.0. The fraction of sp³-hybridized carbons (Fsp3) is 0.208. The highest BCUT2D eigenvalue weighted by Crippen LogP contribution is 2.34. The molecule has 2 aromatic carbocycles. The number of hydrogen-bond donors (Lipinski definition) is 2. The molecule has 3 aromatic rings. The van der Waals surface area contributed by atoms with Crippen molar-refractivity contribution in [3.8, 4) is 11.3 Å². The minimum atomic E-state index is -0.265. The highest BCUT2D eigenvalue weighted by Gasteiger charge is 2.31. The van der Waals surface area contributed by atoms with Crippen LogP contribution in [-0.2, 0) is 16.0 Å². The number of aryl methyl sites for hydroxylation is 1. The Kier molecular flexibility index (Phi) is 5.86. The molecule has 1 aromatic heterocycles. The molecule has 0 saturated heterocycles. The van der Waals surface area contributed by atoms with Gasteiger partial charge in [0.05, 0.1) is 30.8 Å². The number of thiazole rings is 1. The molecule has 158 valence electrons. The second-order valence-corrected chi connectivity index (χ2v) is 8.17. The van der Waals surface area contributed by atoms with Gasteiger partial charge in [-0.2, -0.15) is 0 Å². The van der Waals surface area contributed by atoms with Crippen LogP contribution in [0.25, 0.3) is 16.8 Å². The summed E-state index contributed by atoms with van der Waals surface area (Å²) in [6.07, 6.45) is 0.210. The van der Waals surface area contributed by atoms with E-state index in [0.29, 0.717) is 17.2 Å². The van der Waals surface area contributed by atoms with Gasteiger partial charge in [0.2, 0.25) is 0 Å². The fourth-order valence-electron chi connectivity index (χ4n) is 3.44. The molecule has 1 aliphatic rings. The topological polar surface area (TPSA) is 86.5 Å². The lowest BCUT2D eigenvalue weighted by atomic mass is 10.1. The molecule has 2 heterocycles. The van der Waals surface area contributed by atoms with Crippen LogP contribution in [0.15, 0.2) is 59.7 Å². The molecule has 0 bridgehead atoms. The maximum absolute atomic E-state index is 11.7. The van der Waals surface area contributed by atoms with Gasteiger partial charge in [-0.3, -0.25) is 10.2 Å². The van der Waals surface area contributed by atoms with Crippen LogP contribution in [0.3, 0.4) is 0 Å². The van der Waals surface area contributed by atoms with Gasteiger partial charge in [-0.05, 0) is 31.5 Å². The summed E-state index contributed by atoms with van der Waals surface area (Å²) in [6, 6.07) is 15.5. The smallest absolute Gasteiger partial charge is 0.310 e. The number of ether oxygens (including phenoxy) is 1. The van der Waals surface area contributed by atoms with Crippen LogP contribution < -0.4 is 4.90 Å². The average Bonchev–Trinajstić information content (AvgIpc) is 3.33. The maximum Gasteiger partial charge on any atom is 0.310 e. The Morgan fingerprint density at radius 1 is 1.19 bits per heavy atom. The summed E-state index contributed by atoms with van der Waals surface area (Å²) in [5.74, 6) is 0.0739. The molecule has 0 aliphatic carbocycles. The summed E-state index contributed by atoms with van der Waals surface area (Å²) in [5, 5.41) is 21.8. The van der Waals surface area contributed by atoms with Gasteiger partial charge in [0, 0.05) is 16.6 Å². The van der Waals surface area contributed by atoms with Crippen LogP contribution in [0, 0.1) is 12.3 Å². The molecule has 0 atom stereocenters. The SMILES string of the molecule is CCOC(=O)Cc1ccc(N2CC(O)=C(c3nc(-c4ccc(C)cc4)cs3)C2=N)cc1. The molecular weight excluding hydrogens is 410 g/mol. The summed E-state index contributed by atoms with van der Waals surface area (Å²) in [6.45, 7) is 4.39. The number of rotatable bonds is 6. The molecule has 4 rings (SSSR count). The molecule has 0 spiro atoms. The summed E-state index contributed by atoms with van der Waals surface area (Å²) < 4.78 is 4.98. The monoisotopic (exact) mass is 433 g/mol. The number of nitrogens with zero attached hydrogens (tertiary/aromatic N) is 2. The van der Waals surface area contributed by atoms with Crippen molar-refractivity contribution >= 4 is 34.4 Å². The summed E-state index contributed by atoms with van der Waals surface area (Å²) in [5.41, 5.74) is 5.09. The lowest BCUT2D eigenvalue weighted by Crippen LogP contribution is -2.26. The number of aliphatic hydroxyl groups excluding tert-OH is 1. The molecule has 2 N–H and O–H groups in total. The van der Waals surface area contributed by atoms with Crippen molar-refractivity contribution in [3.63, 3.8) is 0 Å². The Labute approximate surface area is 185 Å². The molecule has 1 aliphatic heterocycles. The van der Waals surface area contributed by atoms with Crippen LogP contribution in [0.2, 0.25) is 0 Å².